The molecular weight excluding hydrogens is 362 g/mol. The summed E-state index contributed by atoms with van der Waals surface area (Å²) in [6, 6.07) is 11.7. The Kier molecular flexibility index (Phi) is 8.10. The predicted octanol–water partition coefficient (Wildman–Crippen LogP) is 2.51. The van der Waals surface area contributed by atoms with E-state index in [-0.39, 0.29) is 11.8 Å². The molecule has 152 valence electrons. The topological polar surface area (TPSA) is 108 Å². The zero-order valence-corrected chi connectivity index (χ0v) is 16.1. The van der Waals surface area contributed by atoms with E-state index in [1.165, 1.54) is 0 Å². The van der Waals surface area contributed by atoms with Crippen molar-refractivity contribution < 1.29 is 29.6 Å². The van der Waals surface area contributed by atoms with Gasteiger partial charge in [-0.2, -0.15) is 0 Å². The van der Waals surface area contributed by atoms with Gasteiger partial charge >= 0.3 is 5.97 Å². The highest BCUT2D eigenvalue weighted by atomic mass is 16.5. The van der Waals surface area contributed by atoms with Crippen LogP contribution >= 0.6 is 0 Å². The number of hydrogen-bond acceptors (Lipinski definition) is 6. The highest BCUT2D eigenvalue weighted by molar-refractivity contribution is 5.68. The molecule has 4 N–H and O–H groups in total. The van der Waals surface area contributed by atoms with Gasteiger partial charge in [-0.05, 0) is 62.2 Å². The second-order valence-electron chi connectivity index (χ2n) is 6.43. The van der Waals surface area contributed by atoms with Gasteiger partial charge in [0.15, 0.2) is 18.1 Å². The van der Waals surface area contributed by atoms with Crippen molar-refractivity contribution in [3.05, 3.63) is 53.6 Å². The molecule has 0 fully saturated rings. The van der Waals surface area contributed by atoms with Crippen molar-refractivity contribution in [2.75, 3.05) is 19.8 Å². The summed E-state index contributed by atoms with van der Waals surface area (Å²) in [4.78, 5) is 10.7. The molecule has 2 aromatic rings. The molecule has 0 aromatic heterocycles. The number of phenols is 1. The number of nitrogens with one attached hydrogen (secondary N) is 1. The molecule has 0 bridgehead atoms. The minimum Gasteiger partial charge on any atom is -0.508 e. The smallest absolute Gasteiger partial charge is 0.341 e. The maximum atomic E-state index is 10.7. The highest BCUT2D eigenvalue weighted by Gasteiger charge is 2.16. The number of aromatic hydroxyl groups is 1. The molecule has 28 heavy (non-hydrogen) atoms. The number of ether oxygens (including phenoxy) is 2. The molecule has 0 amide bonds. The summed E-state index contributed by atoms with van der Waals surface area (Å²) in [7, 11) is 0. The number of carbonyl (C=O) groups is 1. The van der Waals surface area contributed by atoms with E-state index < -0.39 is 18.7 Å². The third-order valence-electron chi connectivity index (χ3n) is 4.25. The molecule has 0 aliphatic heterocycles. The van der Waals surface area contributed by atoms with Crippen molar-refractivity contribution in [1.82, 2.24) is 5.32 Å². The zero-order chi connectivity index (χ0) is 20.5. The van der Waals surface area contributed by atoms with E-state index in [1.807, 2.05) is 26.0 Å². The number of aliphatic hydroxyl groups is 1. The van der Waals surface area contributed by atoms with Crippen LogP contribution in [0.25, 0.3) is 0 Å². The van der Waals surface area contributed by atoms with Crippen LogP contribution in [-0.4, -0.2) is 47.1 Å². The summed E-state index contributed by atoms with van der Waals surface area (Å²) in [5.74, 6) is 0.0323. The molecule has 0 spiro atoms. The Hall–Kier alpha value is -2.77. The van der Waals surface area contributed by atoms with E-state index in [9.17, 15) is 15.0 Å². The lowest BCUT2D eigenvalue weighted by Crippen LogP contribution is -2.33. The lowest BCUT2D eigenvalue weighted by atomic mass is 10.0. The van der Waals surface area contributed by atoms with Crippen LogP contribution in [0.4, 0.5) is 0 Å². The van der Waals surface area contributed by atoms with Gasteiger partial charge in [0.25, 0.3) is 0 Å². The van der Waals surface area contributed by atoms with E-state index in [1.54, 1.807) is 30.3 Å². The summed E-state index contributed by atoms with van der Waals surface area (Å²) in [5, 5.41) is 31.8. The molecule has 0 aliphatic rings. The lowest BCUT2D eigenvalue weighted by Gasteiger charge is -2.21. The largest absolute Gasteiger partial charge is 0.508 e. The number of rotatable bonds is 11. The number of aliphatic carboxylic acids is 1. The average molecular weight is 389 g/mol. The quantitative estimate of drug-likeness (QED) is 0.468. The maximum Gasteiger partial charge on any atom is 0.341 e. The molecule has 0 saturated heterocycles. The normalized spacial score (nSPS) is 13.0. The first kappa shape index (κ1) is 21.5. The van der Waals surface area contributed by atoms with Crippen molar-refractivity contribution in [3.8, 4) is 17.2 Å². The molecule has 7 heteroatoms. The third kappa shape index (κ3) is 6.44. The molecular formula is C21H27NO6. The van der Waals surface area contributed by atoms with Crippen molar-refractivity contribution in [2.24, 2.45) is 0 Å². The van der Waals surface area contributed by atoms with E-state index in [2.05, 4.69) is 5.32 Å². The van der Waals surface area contributed by atoms with Crippen LogP contribution in [0, 0.1) is 0 Å². The maximum absolute atomic E-state index is 10.7. The highest BCUT2D eigenvalue weighted by Crippen LogP contribution is 2.28. The third-order valence-corrected chi connectivity index (χ3v) is 4.25. The summed E-state index contributed by atoms with van der Waals surface area (Å²) in [6.07, 6.45) is 0.0118. The van der Waals surface area contributed by atoms with E-state index in [4.69, 9.17) is 14.6 Å². The first-order valence-electron chi connectivity index (χ1n) is 9.21. The van der Waals surface area contributed by atoms with Crippen LogP contribution in [0.2, 0.25) is 0 Å². The number of carboxylic acid groups (broad SMARTS) is 1. The van der Waals surface area contributed by atoms with Gasteiger partial charge < -0.3 is 30.1 Å². The number of carboxylic acids is 1. The Bertz CT molecular complexity index is 762. The standard InChI is InChI=1S/C21H27NO6/c1-3-27-19-12-15(4-9-18(19)28-13-20(24)25)10-11-22-14(2)21(26)16-5-7-17(23)8-6-16/h4-9,12,14,21-23,26H,3,10-11,13H2,1-2H3,(H,24,25)/t14-,21+/m0/s1. The number of hydrogen-bond donors (Lipinski definition) is 4. The van der Waals surface area contributed by atoms with Crippen LogP contribution in [0.1, 0.15) is 31.1 Å². The molecule has 0 unspecified atom stereocenters. The van der Waals surface area contributed by atoms with Gasteiger partial charge in [-0.1, -0.05) is 18.2 Å². The Morgan fingerprint density at radius 2 is 1.82 bits per heavy atom. The van der Waals surface area contributed by atoms with Gasteiger partial charge in [0.1, 0.15) is 5.75 Å². The van der Waals surface area contributed by atoms with Crippen LogP contribution in [0.5, 0.6) is 17.2 Å². The van der Waals surface area contributed by atoms with E-state index >= 15 is 0 Å². The Morgan fingerprint density at radius 1 is 1.11 bits per heavy atom. The predicted molar refractivity (Wildman–Crippen MR) is 105 cm³/mol. The van der Waals surface area contributed by atoms with Crippen molar-refractivity contribution in [2.45, 2.75) is 32.4 Å². The fourth-order valence-electron chi connectivity index (χ4n) is 2.75. The SMILES string of the molecule is CCOc1cc(CCN[C@@H](C)[C@@H](O)c2ccc(O)cc2)ccc1OCC(=O)O. The van der Waals surface area contributed by atoms with E-state index in [0.29, 0.717) is 31.1 Å². The summed E-state index contributed by atoms with van der Waals surface area (Å²) >= 11 is 0. The van der Waals surface area contributed by atoms with Gasteiger partial charge in [-0.25, -0.2) is 4.79 Å². The monoisotopic (exact) mass is 389 g/mol. The second kappa shape index (κ2) is 10.5. The van der Waals surface area contributed by atoms with Gasteiger partial charge in [-0.15, -0.1) is 0 Å². The minimum atomic E-state index is -1.04. The molecule has 2 atom stereocenters. The fraction of sp³-hybridized carbons (Fsp3) is 0.381. The first-order valence-corrected chi connectivity index (χ1v) is 9.21. The Labute approximate surface area is 164 Å². The lowest BCUT2D eigenvalue weighted by molar-refractivity contribution is -0.139. The molecule has 0 heterocycles. The van der Waals surface area contributed by atoms with E-state index in [0.717, 1.165) is 11.1 Å². The van der Waals surface area contributed by atoms with Crippen LogP contribution in [-0.2, 0) is 11.2 Å². The summed E-state index contributed by atoms with van der Waals surface area (Å²) in [6.45, 7) is 4.40. The molecule has 0 saturated carbocycles. The summed E-state index contributed by atoms with van der Waals surface area (Å²) < 4.78 is 10.8. The minimum absolute atomic E-state index is 0.164. The van der Waals surface area contributed by atoms with Crippen LogP contribution in [0.15, 0.2) is 42.5 Å². The Morgan fingerprint density at radius 3 is 2.46 bits per heavy atom. The molecule has 2 aromatic carbocycles. The second-order valence-corrected chi connectivity index (χ2v) is 6.43. The number of phenolic OH excluding ortho intramolecular Hbond substituents is 1. The summed E-state index contributed by atoms with van der Waals surface area (Å²) in [5.41, 5.74) is 1.74. The van der Waals surface area contributed by atoms with Gasteiger partial charge in [0.2, 0.25) is 0 Å². The van der Waals surface area contributed by atoms with Gasteiger partial charge in [0.05, 0.1) is 12.7 Å². The average Bonchev–Trinajstić information content (AvgIpc) is 2.67. The van der Waals surface area contributed by atoms with Crippen molar-refractivity contribution in [3.63, 3.8) is 0 Å². The van der Waals surface area contributed by atoms with Crippen molar-refractivity contribution in [1.29, 1.82) is 0 Å². The fourth-order valence-corrected chi connectivity index (χ4v) is 2.75. The molecule has 2 rings (SSSR count). The van der Waals surface area contributed by atoms with Gasteiger partial charge in [-0.3, -0.25) is 0 Å². The molecule has 0 radical (unpaired) electrons. The number of benzene rings is 2. The van der Waals surface area contributed by atoms with Crippen LogP contribution in [0.3, 0.4) is 0 Å². The zero-order valence-electron chi connectivity index (χ0n) is 16.1. The first-order chi connectivity index (χ1) is 13.4. The van der Waals surface area contributed by atoms with Crippen molar-refractivity contribution >= 4 is 5.97 Å². The van der Waals surface area contributed by atoms with Gasteiger partial charge in [0, 0.05) is 6.04 Å². The number of aliphatic hydroxyl groups excluding tert-OH is 1. The Balaban J connectivity index is 1.91. The molecule has 7 nitrogen and oxygen atoms in total. The molecule has 0 aliphatic carbocycles. The van der Waals surface area contributed by atoms with Crippen LogP contribution < -0.4 is 14.8 Å².